The summed E-state index contributed by atoms with van der Waals surface area (Å²) in [6.07, 6.45) is 0. The molecule has 110 valence electrons. The molecule has 0 amide bonds. The number of ether oxygens (including phenoxy) is 2. The summed E-state index contributed by atoms with van der Waals surface area (Å²) >= 11 is 11.9. The van der Waals surface area contributed by atoms with Gasteiger partial charge in [0.15, 0.2) is 5.78 Å². The van der Waals surface area contributed by atoms with E-state index in [1.165, 1.54) is 6.92 Å². The molecular weight excluding hydrogens is 311 g/mol. The van der Waals surface area contributed by atoms with Crippen molar-refractivity contribution in [1.82, 2.24) is 0 Å². The van der Waals surface area contributed by atoms with Gasteiger partial charge in [-0.2, -0.15) is 0 Å². The minimum absolute atomic E-state index is 0.0376. The minimum Gasteiger partial charge on any atom is -0.489 e. The van der Waals surface area contributed by atoms with Crippen molar-refractivity contribution in [1.29, 1.82) is 0 Å². The molecule has 5 heteroatoms. The van der Waals surface area contributed by atoms with Crippen molar-refractivity contribution in [2.24, 2.45) is 0 Å². The average molecular weight is 325 g/mol. The van der Waals surface area contributed by atoms with E-state index >= 15 is 0 Å². The fourth-order valence-electron chi connectivity index (χ4n) is 1.77. The largest absolute Gasteiger partial charge is 0.489 e. The van der Waals surface area contributed by atoms with E-state index in [0.717, 1.165) is 0 Å². The second kappa shape index (κ2) is 7.34. The Morgan fingerprint density at radius 3 is 2.38 bits per heavy atom. The van der Waals surface area contributed by atoms with E-state index in [4.69, 9.17) is 32.7 Å². The van der Waals surface area contributed by atoms with E-state index in [0.29, 0.717) is 40.3 Å². The number of hydrogen-bond acceptors (Lipinski definition) is 3. The smallest absolute Gasteiger partial charge is 0.163 e. The lowest BCUT2D eigenvalue weighted by Gasteiger charge is -2.11. The number of benzene rings is 2. The van der Waals surface area contributed by atoms with Crippen LogP contribution in [0.2, 0.25) is 10.0 Å². The molecule has 0 aliphatic rings. The van der Waals surface area contributed by atoms with Crippen LogP contribution in [0.3, 0.4) is 0 Å². The molecule has 0 atom stereocenters. The van der Waals surface area contributed by atoms with Gasteiger partial charge in [0.2, 0.25) is 0 Å². The third-order valence-electron chi connectivity index (χ3n) is 2.76. The van der Waals surface area contributed by atoms with Gasteiger partial charge < -0.3 is 9.47 Å². The molecule has 2 aromatic rings. The van der Waals surface area contributed by atoms with E-state index in [-0.39, 0.29) is 5.78 Å². The summed E-state index contributed by atoms with van der Waals surface area (Å²) in [5.74, 6) is 1.02. The summed E-state index contributed by atoms with van der Waals surface area (Å²) in [4.78, 5) is 11.5. The molecular formula is C16H14Cl2O3. The summed E-state index contributed by atoms with van der Waals surface area (Å²) in [7, 11) is 0. The van der Waals surface area contributed by atoms with Crippen molar-refractivity contribution >= 4 is 29.0 Å². The summed E-state index contributed by atoms with van der Waals surface area (Å²) in [6, 6.07) is 12.1. The highest BCUT2D eigenvalue weighted by Gasteiger charge is 2.07. The fourth-order valence-corrected chi connectivity index (χ4v) is 2.11. The maximum Gasteiger partial charge on any atom is 0.163 e. The molecule has 2 aromatic carbocycles. The number of rotatable bonds is 6. The average Bonchev–Trinajstić information content (AvgIpc) is 2.47. The monoisotopic (exact) mass is 324 g/mol. The van der Waals surface area contributed by atoms with Gasteiger partial charge in [0.05, 0.1) is 10.6 Å². The zero-order chi connectivity index (χ0) is 15.2. The van der Waals surface area contributed by atoms with E-state index < -0.39 is 0 Å². The van der Waals surface area contributed by atoms with Crippen molar-refractivity contribution in [3.8, 4) is 11.5 Å². The predicted molar refractivity (Wildman–Crippen MR) is 83.9 cm³/mol. The Morgan fingerprint density at radius 1 is 1.00 bits per heavy atom. The van der Waals surface area contributed by atoms with Crippen LogP contribution in [0.1, 0.15) is 17.3 Å². The van der Waals surface area contributed by atoms with Crippen molar-refractivity contribution in [3.05, 3.63) is 58.1 Å². The lowest BCUT2D eigenvalue weighted by molar-refractivity contribution is 0.101. The fraction of sp³-hybridized carbons (Fsp3) is 0.188. The van der Waals surface area contributed by atoms with E-state index in [9.17, 15) is 4.79 Å². The molecule has 0 aliphatic heterocycles. The third-order valence-corrected chi connectivity index (χ3v) is 3.31. The molecule has 0 bridgehead atoms. The van der Waals surface area contributed by atoms with Gasteiger partial charge in [-0.1, -0.05) is 35.3 Å². The SMILES string of the molecule is CC(=O)c1ccccc1OCCOc1cc(Cl)ccc1Cl. The van der Waals surface area contributed by atoms with Crippen LogP contribution in [0.15, 0.2) is 42.5 Å². The molecule has 0 saturated carbocycles. The molecule has 0 radical (unpaired) electrons. The first-order valence-electron chi connectivity index (χ1n) is 6.38. The number of carbonyl (C=O) groups excluding carboxylic acids is 1. The first-order chi connectivity index (χ1) is 10.1. The van der Waals surface area contributed by atoms with Gasteiger partial charge in [-0.15, -0.1) is 0 Å². The summed E-state index contributed by atoms with van der Waals surface area (Å²) in [5.41, 5.74) is 0.554. The Kier molecular flexibility index (Phi) is 5.48. The van der Waals surface area contributed by atoms with Crippen molar-refractivity contribution in [3.63, 3.8) is 0 Å². The van der Waals surface area contributed by atoms with Crippen molar-refractivity contribution in [2.45, 2.75) is 6.92 Å². The van der Waals surface area contributed by atoms with Gasteiger partial charge in [0.1, 0.15) is 24.7 Å². The topological polar surface area (TPSA) is 35.5 Å². The van der Waals surface area contributed by atoms with Crippen LogP contribution in [0, 0.1) is 0 Å². The van der Waals surface area contributed by atoms with Gasteiger partial charge in [0.25, 0.3) is 0 Å². The highest BCUT2D eigenvalue weighted by molar-refractivity contribution is 6.34. The number of ketones is 1. The van der Waals surface area contributed by atoms with E-state index in [1.54, 1.807) is 36.4 Å². The maximum absolute atomic E-state index is 11.5. The second-order valence-corrected chi connectivity index (χ2v) is 5.17. The molecule has 0 spiro atoms. The minimum atomic E-state index is -0.0376. The first-order valence-corrected chi connectivity index (χ1v) is 7.14. The molecule has 3 nitrogen and oxygen atoms in total. The quantitative estimate of drug-likeness (QED) is 0.573. The molecule has 0 saturated heterocycles. The zero-order valence-corrected chi connectivity index (χ0v) is 12.9. The maximum atomic E-state index is 11.5. The highest BCUT2D eigenvalue weighted by Crippen LogP contribution is 2.27. The Hall–Kier alpha value is -1.71. The Morgan fingerprint density at radius 2 is 1.67 bits per heavy atom. The molecule has 21 heavy (non-hydrogen) atoms. The molecule has 0 fully saturated rings. The predicted octanol–water partition coefficient (Wildman–Crippen LogP) is 4.65. The third kappa shape index (κ3) is 4.38. The zero-order valence-electron chi connectivity index (χ0n) is 11.4. The molecule has 2 rings (SSSR count). The van der Waals surface area contributed by atoms with Crippen LogP contribution in [-0.4, -0.2) is 19.0 Å². The van der Waals surface area contributed by atoms with E-state index in [2.05, 4.69) is 0 Å². The standard InChI is InChI=1S/C16H14Cl2O3/c1-11(19)13-4-2-3-5-15(13)20-8-9-21-16-10-12(17)6-7-14(16)18/h2-7,10H,8-9H2,1H3. The van der Waals surface area contributed by atoms with Crippen LogP contribution >= 0.6 is 23.2 Å². The number of halogens is 2. The lowest BCUT2D eigenvalue weighted by Crippen LogP contribution is -2.11. The number of carbonyl (C=O) groups is 1. The van der Waals surface area contributed by atoms with Crippen LogP contribution < -0.4 is 9.47 Å². The number of Topliss-reactive ketones (excluding diaryl/α,β-unsaturated/α-hetero) is 1. The van der Waals surface area contributed by atoms with Gasteiger partial charge in [0, 0.05) is 11.1 Å². The van der Waals surface area contributed by atoms with Crippen molar-refractivity contribution in [2.75, 3.05) is 13.2 Å². The van der Waals surface area contributed by atoms with Gasteiger partial charge in [-0.05, 0) is 31.2 Å². The van der Waals surface area contributed by atoms with E-state index in [1.807, 2.05) is 6.07 Å². The lowest BCUT2D eigenvalue weighted by atomic mass is 10.1. The Labute approximate surface area is 133 Å². The summed E-state index contributed by atoms with van der Waals surface area (Å²) in [5, 5.41) is 1.04. The first kappa shape index (κ1) is 15.7. The summed E-state index contributed by atoms with van der Waals surface area (Å²) in [6.45, 7) is 2.10. The molecule has 0 N–H and O–H groups in total. The van der Waals surface area contributed by atoms with Crippen LogP contribution in [0.25, 0.3) is 0 Å². The Bertz CT molecular complexity index is 641. The van der Waals surface area contributed by atoms with Crippen LogP contribution in [-0.2, 0) is 0 Å². The normalized spacial score (nSPS) is 10.2. The van der Waals surface area contributed by atoms with Crippen LogP contribution in [0.4, 0.5) is 0 Å². The van der Waals surface area contributed by atoms with Gasteiger partial charge in [-0.3, -0.25) is 4.79 Å². The van der Waals surface area contributed by atoms with Gasteiger partial charge >= 0.3 is 0 Å². The molecule has 0 aromatic heterocycles. The molecule has 0 unspecified atom stereocenters. The molecule has 0 aliphatic carbocycles. The van der Waals surface area contributed by atoms with Gasteiger partial charge in [-0.25, -0.2) is 0 Å². The summed E-state index contributed by atoms with van der Waals surface area (Å²) < 4.78 is 11.1. The highest BCUT2D eigenvalue weighted by atomic mass is 35.5. The second-order valence-electron chi connectivity index (χ2n) is 4.32. The number of hydrogen-bond donors (Lipinski definition) is 0. The van der Waals surface area contributed by atoms with Crippen LogP contribution in [0.5, 0.6) is 11.5 Å². The number of para-hydroxylation sites is 1. The van der Waals surface area contributed by atoms with Crippen molar-refractivity contribution < 1.29 is 14.3 Å². The Balaban J connectivity index is 1.91. The molecule has 0 heterocycles.